The highest BCUT2D eigenvalue weighted by atomic mass is 35.5. The molecule has 52 heavy (non-hydrogen) atoms. The summed E-state index contributed by atoms with van der Waals surface area (Å²) >= 11 is 20.7. The molecule has 4 aromatic rings. The number of phenolic OH excluding ortho intramolecular Hbond substituents is 1. The molecule has 0 unspecified atom stereocenters. The molecule has 0 spiro atoms. The van der Waals surface area contributed by atoms with Gasteiger partial charge in [0.25, 0.3) is 11.8 Å². The second-order valence-electron chi connectivity index (χ2n) is 13.4. The van der Waals surface area contributed by atoms with Gasteiger partial charge in [0.2, 0.25) is 17.6 Å². The molecule has 0 bridgehead atoms. The van der Waals surface area contributed by atoms with Crippen molar-refractivity contribution in [3.05, 3.63) is 111 Å². The molecule has 15 heteroatoms. The number of fused-ring (bicyclic) bond motifs is 5. The summed E-state index contributed by atoms with van der Waals surface area (Å²) < 4.78 is 73.7. The fraction of sp³-hybridized carbons (Fsp3) is 0.243. The van der Waals surface area contributed by atoms with Crippen molar-refractivity contribution < 1.29 is 46.2 Å². The third-order valence-corrected chi connectivity index (χ3v) is 12.7. The van der Waals surface area contributed by atoms with Crippen molar-refractivity contribution in [2.24, 2.45) is 17.8 Å². The fourth-order valence-corrected chi connectivity index (χ4v) is 9.49. The van der Waals surface area contributed by atoms with Gasteiger partial charge in [0.05, 0.1) is 17.5 Å². The van der Waals surface area contributed by atoms with E-state index in [2.05, 4.69) is 0 Å². The molecular formula is C37H22Cl3F5N2O5. The third-order valence-electron chi connectivity index (χ3n) is 10.9. The lowest BCUT2D eigenvalue weighted by molar-refractivity contribution is -0.125. The predicted octanol–water partition coefficient (Wildman–Crippen LogP) is 7.97. The number of amides is 4. The van der Waals surface area contributed by atoms with Crippen LogP contribution in [0.15, 0.2) is 66.2 Å². The predicted molar refractivity (Wildman–Crippen MR) is 181 cm³/mol. The van der Waals surface area contributed by atoms with Crippen LogP contribution < -0.4 is 9.80 Å². The summed E-state index contributed by atoms with van der Waals surface area (Å²) in [5.41, 5.74) is -0.887. The van der Waals surface area contributed by atoms with E-state index in [4.69, 9.17) is 34.8 Å². The van der Waals surface area contributed by atoms with Crippen LogP contribution in [0, 0.1) is 53.8 Å². The van der Waals surface area contributed by atoms with Crippen LogP contribution >= 0.6 is 34.8 Å². The first-order valence-corrected chi connectivity index (χ1v) is 17.0. The number of hydrogen-bond donors (Lipinski definition) is 1. The number of rotatable bonds is 3. The Morgan fingerprint density at radius 2 is 1.44 bits per heavy atom. The zero-order valence-corrected chi connectivity index (χ0v) is 28.8. The van der Waals surface area contributed by atoms with Crippen molar-refractivity contribution in [2.45, 2.75) is 35.4 Å². The molecular weight excluding hydrogens is 754 g/mol. The monoisotopic (exact) mass is 774 g/mol. The van der Waals surface area contributed by atoms with E-state index in [0.29, 0.717) is 10.9 Å². The molecule has 8 rings (SSSR count). The lowest BCUT2D eigenvalue weighted by Gasteiger charge is -2.50. The van der Waals surface area contributed by atoms with Gasteiger partial charge in [-0.25, -0.2) is 31.8 Å². The van der Waals surface area contributed by atoms with Crippen LogP contribution in [-0.4, -0.2) is 38.5 Å². The van der Waals surface area contributed by atoms with E-state index in [9.17, 15) is 37.5 Å². The number of phenols is 1. The minimum Gasteiger partial charge on any atom is -0.507 e. The number of carbonyl (C=O) groups is 4. The summed E-state index contributed by atoms with van der Waals surface area (Å²) in [7, 11) is 0. The number of nitrogens with zero attached hydrogens (tertiary/aromatic N) is 2. The molecule has 1 N–H and O–H groups in total. The van der Waals surface area contributed by atoms with Crippen molar-refractivity contribution in [1.82, 2.24) is 0 Å². The average molecular weight is 776 g/mol. The first kappa shape index (κ1) is 34.6. The Kier molecular flexibility index (Phi) is 7.64. The SMILES string of the molecule is Cc1ccc(N2C(=O)[C@H]3[C@H](CC=C4[C@H]3C[C@@]3(Cl)C(=O)N(c5c(F)c(F)c(F)c(F)c5F)C(=O)[C@@]3(Cl)[C@H]4c3ccc4ccccc4c3O)C2=O)cc1Cl. The highest BCUT2D eigenvalue weighted by molar-refractivity contribution is 6.58. The maximum Gasteiger partial charge on any atom is 0.258 e. The first-order valence-electron chi connectivity index (χ1n) is 15.9. The summed E-state index contributed by atoms with van der Waals surface area (Å²) in [6, 6.07) is 14.1. The summed E-state index contributed by atoms with van der Waals surface area (Å²) in [6.45, 7) is 1.73. The van der Waals surface area contributed by atoms with E-state index in [-0.39, 0.29) is 38.6 Å². The van der Waals surface area contributed by atoms with Gasteiger partial charge in [-0.2, -0.15) is 0 Å². The lowest BCUT2D eigenvalue weighted by atomic mass is 9.56. The van der Waals surface area contributed by atoms with Crippen LogP contribution in [0.25, 0.3) is 10.8 Å². The summed E-state index contributed by atoms with van der Waals surface area (Å²) in [5, 5.41) is 12.8. The molecule has 6 atom stereocenters. The van der Waals surface area contributed by atoms with E-state index in [1.54, 1.807) is 49.4 Å². The smallest absolute Gasteiger partial charge is 0.258 e. The molecule has 2 heterocycles. The zero-order chi connectivity index (χ0) is 37.3. The molecule has 4 aromatic carbocycles. The highest BCUT2D eigenvalue weighted by Crippen LogP contribution is 2.67. The number of aryl methyl sites for hydroxylation is 1. The molecule has 4 amide bonds. The minimum atomic E-state index is -2.77. The standard InChI is InChI=1S/C37H22Cl3F5N2O5/c1-14-6-8-16(12-22(14)38)46-32(49)19-11-10-18-21(23(19)33(46)50)13-36(39)34(51)47(30-28(44)26(42)25(41)27(43)29(30)45)35(52)37(36,40)24(18)20-9-7-15-4-2-3-5-17(15)31(20)48/h2-10,12,19,21,23-24,48H,11,13H2,1H3/t19-,21+,23-,24+,36+,37-/m0/s1. The molecule has 2 saturated heterocycles. The number of carbonyl (C=O) groups excluding carboxylic acids is 4. The van der Waals surface area contributed by atoms with Gasteiger partial charge in [-0.05, 0) is 48.8 Å². The van der Waals surface area contributed by atoms with Gasteiger partial charge in [-0.15, -0.1) is 23.2 Å². The van der Waals surface area contributed by atoms with E-state index >= 15 is 8.78 Å². The topological polar surface area (TPSA) is 95.0 Å². The maximum absolute atomic E-state index is 15.3. The van der Waals surface area contributed by atoms with Gasteiger partial charge in [-0.1, -0.05) is 65.7 Å². The summed E-state index contributed by atoms with van der Waals surface area (Å²) in [6.07, 6.45) is 0.822. The zero-order valence-electron chi connectivity index (χ0n) is 26.5. The molecule has 0 aromatic heterocycles. The number of aromatic hydroxyl groups is 1. The number of hydrogen-bond acceptors (Lipinski definition) is 5. The van der Waals surface area contributed by atoms with Crippen LogP contribution in [0.1, 0.15) is 29.9 Å². The number of halogens is 8. The van der Waals surface area contributed by atoms with Crippen molar-refractivity contribution >= 4 is 80.6 Å². The highest BCUT2D eigenvalue weighted by Gasteiger charge is 2.77. The number of alkyl halides is 2. The van der Waals surface area contributed by atoms with Gasteiger partial charge in [-0.3, -0.25) is 19.2 Å². The molecule has 2 aliphatic heterocycles. The Morgan fingerprint density at radius 1 is 0.788 bits per heavy atom. The molecule has 7 nitrogen and oxygen atoms in total. The first-order chi connectivity index (χ1) is 24.6. The quantitative estimate of drug-likeness (QED) is 0.0569. The van der Waals surface area contributed by atoms with Crippen LogP contribution in [0.4, 0.5) is 33.3 Å². The van der Waals surface area contributed by atoms with Crippen LogP contribution in [-0.2, 0) is 19.2 Å². The number of imide groups is 2. The van der Waals surface area contributed by atoms with E-state index in [1.165, 1.54) is 18.2 Å². The number of benzene rings is 4. The van der Waals surface area contributed by atoms with Gasteiger partial charge < -0.3 is 5.11 Å². The Bertz CT molecular complexity index is 2360. The number of allylic oxidation sites excluding steroid dienone is 2. The van der Waals surface area contributed by atoms with Crippen LogP contribution in [0.3, 0.4) is 0 Å². The maximum atomic E-state index is 15.3. The number of anilines is 2. The summed E-state index contributed by atoms with van der Waals surface area (Å²) in [5.74, 6) is -22.2. The second-order valence-corrected chi connectivity index (χ2v) is 15.0. The second kappa shape index (κ2) is 11.5. The van der Waals surface area contributed by atoms with Crippen LogP contribution in [0.5, 0.6) is 5.75 Å². The fourth-order valence-electron chi connectivity index (χ4n) is 8.39. The molecule has 0 radical (unpaired) electrons. The molecule has 2 aliphatic carbocycles. The van der Waals surface area contributed by atoms with Crippen molar-refractivity contribution in [2.75, 3.05) is 9.80 Å². The average Bonchev–Trinajstić information content (AvgIpc) is 3.46. The Labute approximate surface area is 306 Å². The lowest BCUT2D eigenvalue weighted by Crippen LogP contribution is -2.60. The van der Waals surface area contributed by atoms with Gasteiger partial charge in [0, 0.05) is 21.9 Å². The Hall–Kier alpha value is -4.52. The molecule has 1 saturated carbocycles. The van der Waals surface area contributed by atoms with E-state index < -0.39 is 104 Å². The van der Waals surface area contributed by atoms with Crippen molar-refractivity contribution in [3.8, 4) is 5.75 Å². The Balaban J connectivity index is 1.35. The van der Waals surface area contributed by atoms with E-state index in [1.807, 2.05) is 0 Å². The largest absolute Gasteiger partial charge is 0.507 e. The van der Waals surface area contributed by atoms with E-state index in [0.717, 1.165) is 4.90 Å². The molecule has 266 valence electrons. The normalized spacial score (nSPS) is 28.4. The molecule has 4 aliphatic rings. The van der Waals surface area contributed by atoms with Crippen LogP contribution in [0.2, 0.25) is 5.02 Å². The summed E-state index contributed by atoms with van der Waals surface area (Å²) in [4.78, 5) is 52.3. The molecule has 3 fully saturated rings. The minimum absolute atomic E-state index is 0.0617. The van der Waals surface area contributed by atoms with Crippen molar-refractivity contribution in [1.29, 1.82) is 0 Å². The van der Waals surface area contributed by atoms with Crippen molar-refractivity contribution in [3.63, 3.8) is 0 Å². The third kappa shape index (κ3) is 4.25. The van der Waals surface area contributed by atoms with Gasteiger partial charge >= 0.3 is 0 Å². The Morgan fingerprint density at radius 3 is 2.12 bits per heavy atom. The van der Waals surface area contributed by atoms with Gasteiger partial charge in [0.15, 0.2) is 33.0 Å². The van der Waals surface area contributed by atoms with Gasteiger partial charge in [0.1, 0.15) is 11.4 Å².